The van der Waals surface area contributed by atoms with Gasteiger partial charge in [0, 0.05) is 54.2 Å². The number of ether oxygens (including phenoxy) is 5. The molecule has 0 spiro atoms. The van der Waals surface area contributed by atoms with Crippen LogP contribution >= 0.6 is 23.5 Å². The van der Waals surface area contributed by atoms with Crippen molar-refractivity contribution in [3.8, 4) is 0 Å². The molecule has 10 nitrogen and oxygen atoms in total. The van der Waals surface area contributed by atoms with E-state index < -0.39 is 11.2 Å². The molecule has 0 aromatic carbocycles. The Kier molecular flexibility index (Phi) is 33.9. The number of hydrogen-bond donors (Lipinski definition) is 1. The lowest BCUT2D eigenvalue weighted by molar-refractivity contribution is -0.318. The molecule has 0 aromatic rings. The molecule has 1 N–H and O–H groups in total. The van der Waals surface area contributed by atoms with Crippen LogP contribution in [-0.2, 0) is 38.1 Å². The summed E-state index contributed by atoms with van der Waals surface area (Å²) in [4.78, 5) is 40.8. The minimum Gasteiger partial charge on any atom is -0.465 e. The van der Waals surface area contributed by atoms with Crippen molar-refractivity contribution in [1.29, 1.82) is 0 Å². The maximum atomic E-state index is 13.1. The molecule has 0 bridgehead atoms. The third-order valence-electron chi connectivity index (χ3n) is 14.3. The number of unbranched alkanes of at least 4 members (excludes halogenated alkanes) is 14. The summed E-state index contributed by atoms with van der Waals surface area (Å²) in [6.45, 7) is 5.38. The first-order chi connectivity index (χ1) is 32.6. The molecule has 67 heavy (non-hydrogen) atoms. The molecule has 3 rings (SSSR count). The highest BCUT2D eigenvalue weighted by atomic mass is 32.2. The Morgan fingerprint density at radius 2 is 1.01 bits per heavy atom. The van der Waals surface area contributed by atoms with E-state index in [0.717, 1.165) is 75.7 Å². The minimum atomic E-state index is -0.839. The topological polar surface area (TPSA) is 121 Å². The summed E-state index contributed by atoms with van der Waals surface area (Å²) in [6.07, 6.45) is 36.9. The summed E-state index contributed by atoms with van der Waals surface area (Å²) in [7, 11) is 3.85. The van der Waals surface area contributed by atoms with Crippen LogP contribution in [0, 0.1) is 5.41 Å². The van der Waals surface area contributed by atoms with Crippen molar-refractivity contribution in [3.05, 3.63) is 0 Å². The SMILES string of the molecule is CCCCCCCCCC(=O)OC(CCCCC1(CCCCC(CSC2CCCCC2)OC(=O)CCCCCCCCC)OCC(CO)(COC(=O)CCN(C)C)CO1)CSC1CCCCC1. The van der Waals surface area contributed by atoms with Gasteiger partial charge in [0.25, 0.3) is 0 Å². The lowest BCUT2D eigenvalue weighted by Crippen LogP contribution is -2.53. The lowest BCUT2D eigenvalue weighted by atomic mass is 9.89. The Balaban J connectivity index is 1.61. The second kappa shape index (κ2) is 37.7. The number of rotatable bonds is 40. The van der Waals surface area contributed by atoms with Gasteiger partial charge in [-0.3, -0.25) is 14.4 Å². The van der Waals surface area contributed by atoms with Gasteiger partial charge in [-0.2, -0.15) is 23.5 Å². The Morgan fingerprint density at radius 3 is 1.43 bits per heavy atom. The standard InChI is InChI=1S/C55H101NO9S2/c1-5-7-9-11-13-15-23-35-52(59)64-47(41-66-49-31-19-17-20-32-49)29-25-27-38-55(62-45-54(43-57,46-63-55)44-61-51(58)37-40-56(3)4)39-28-26-30-48(42-67-50-33-21-18-22-34-50)65-53(60)36-24-16-14-12-10-8-6-2/h47-50,57H,5-46H2,1-4H3. The fraction of sp³-hybridized carbons (Fsp3) is 0.945. The smallest absolute Gasteiger partial charge is 0.307 e. The molecule has 0 aromatic heterocycles. The minimum absolute atomic E-state index is 0.0426. The fourth-order valence-corrected chi connectivity index (χ4v) is 12.5. The van der Waals surface area contributed by atoms with Crippen molar-refractivity contribution in [2.24, 2.45) is 5.41 Å². The summed E-state index contributed by atoms with van der Waals surface area (Å²) in [6, 6.07) is 0. The van der Waals surface area contributed by atoms with E-state index in [4.69, 9.17) is 23.7 Å². The molecule has 2 saturated carbocycles. The zero-order valence-corrected chi connectivity index (χ0v) is 45.1. The van der Waals surface area contributed by atoms with Crippen LogP contribution < -0.4 is 0 Å². The van der Waals surface area contributed by atoms with Crippen molar-refractivity contribution in [2.45, 2.75) is 267 Å². The maximum absolute atomic E-state index is 13.1. The third-order valence-corrected chi connectivity index (χ3v) is 17.3. The van der Waals surface area contributed by atoms with Crippen molar-refractivity contribution < 1.29 is 43.2 Å². The molecule has 2 unspecified atom stereocenters. The van der Waals surface area contributed by atoms with Crippen molar-refractivity contribution >= 4 is 41.4 Å². The van der Waals surface area contributed by atoms with Gasteiger partial charge in [-0.1, -0.05) is 129 Å². The van der Waals surface area contributed by atoms with Gasteiger partial charge in [-0.15, -0.1) is 0 Å². The highest BCUT2D eigenvalue weighted by Gasteiger charge is 2.45. The Morgan fingerprint density at radius 1 is 0.582 bits per heavy atom. The van der Waals surface area contributed by atoms with Gasteiger partial charge in [0.05, 0.1) is 31.7 Å². The summed E-state index contributed by atoms with van der Waals surface area (Å²) >= 11 is 4.01. The van der Waals surface area contributed by atoms with E-state index in [-0.39, 0.29) is 63.0 Å². The van der Waals surface area contributed by atoms with E-state index in [1.165, 1.54) is 128 Å². The van der Waals surface area contributed by atoms with Gasteiger partial charge in [-0.25, -0.2) is 0 Å². The number of hydrogen-bond acceptors (Lipinski definition) is 12. The largest absolute Gasteiger partial charge is 0.465 e. The predicted molar refractivity (Wildman–Crippen MR) is 279 cm³/mol. The second-order valence-corrected chi connectivity index (χ2v) is 23.7. The number of aliphatic hydroxyl groups is 1. The van der Waals surface area contributed by atoms with Crippen LogP contribution in [0.5, 0.6) is 0 Å². The van der Waals surface area contributed by atoms with Gasteiger partial charge in [-0.05, 0) is 91.1 Å². The second-order valence-electron chi connectivity index (χ2n) is 21.0. The zero-order valence-electron chi connectivity index (χ0n) is 43.5. The van der Waals surface area contributed by atoms with Gasteiger partial charge >= 0.3 is 17.9 Å². The van der Waals surface area contributed by atoms with Crippen LogP contribution in [0.1, 0.15) is 239 Å². The average molecular weight is 985 g/mol. The van der Waals surface area contributed by atoms with Gasteiger partial charge in [0.2, 0.25) is 0 Å². The number of esters is 3. The first-order valence-electron chi connectivity index (χ1n) is 27.9. The molecular formula is C55H101NO9S2. The molecule has 1 heterocycles. The van der Waals surface area contributed by atoms with E-state index in [1.54, 1.807) is 0 Å². The number of carbonyl (C=O) groups is 3. The third kappa shape index (κ3) is 28.5. The van der Waals surface area contributed by atoms with Gasteiger partial charge in [0.1, 0.15) is 18.8 Å². The van der Waals surface area contributed by atoms with Crippen LogP contribution in [0.2, 0.25) is 0 Å². The highest BCUT2D eigenvalue weighted by Crippen LogP contribution is 2.38. The first kappa shape index (κ1) is 60.3. The molecule has 1 aliphatic heterocycles. The van der Waals surface area contributed by atoms with Crippen LogP contribution in [0.4, 0.5) is 0 Å². The quantitative estimate of drug-likeness (QED) is 0.0357. The molecule has 392 valence electrons. The molecule has 3 aliphatic rings. The molecule has 0 amide bonds. The van der Waals surface area contributed by atoms with E-state index in [9.17, 15) is 19.5 Å². The van der Waals surface area contributed by atoms with Crippen molar-refractivity contribution in [2.75, 3.05) is 58.6 Å². The van der Waals surface area contributed by atoms with E-state index >= 15 is 0 Å². The fourth-order valence-electron chi connectivity index (χ4n) is 9.69. The number of aliphatic hydroxyl groups excluding tert-OH is 1. The Hall–Kier alpha value is -1.05. The van der Waals surface area contributed by atoms with Crippen LogP contribution in [-0.4, -0.2) is 115 Å². The molecule has 2 aliphatic carbocycles. The van der Waals surface area contributed by atoms with E-state index in [1.807, 2.05) is 42.5 Å². The van der Waals surface area contributed by atoms with E-state index in [2.05, 4.69) is 13.8 Å². The molecule has 1 saturated heterocycles. The monoisotopic (exact) mass is 984 g/mol. The molecule has 0 radical (unpaired) electrons. The maximum Gasteiger partial charge on any atom is 0.307 e. The average Bonchev–Trinajstić information content (AvgIpc) is 3.34. The molecule has 2 atom stereocenters. The number of thioether (sulfide) groups is 2. The van der Waals surface area contributed by atoms with Gasteiger partial charge in [0.15, 0.2) is 5.79 Å². The number of nitrogens with zero attached hydrogens (tertiary/aromatic N) is 1. The first-order valence-corrected chi connectivity index (χ1v) is 30.0. The Bertz CT molecular complexity index is 1180. The van der Waals surface area contributed by atoms with Crippen LogP contribution in [0.25, 0.3) is 0 Å². The molecular weight excluding hydrogens is 883 g/mol. The number of carbonyl (C=O) groups excluding carboxylic acids is 3. The summed E-state index contributed by atoms with van der Waals surface area (Å²) in [5.74, 6) is 0.453. The molecule has 3 fully saturated rings. The zero-order chi connectivity index (χ0) is 48.3. The molecule has 12 heteroatoms. The predicted octanol–water partition coefficient (Wildman–Crippen LogP) is 13.6. The van der Waals surface area contributed by atoms with Crippen LogP contribution in [0.15, 0.2) is 0 Å². The summed E-state index contributed by atoms with van der Waals surface area (Å²) in [5.41, 5.74) is -0.826. The van der Waals surface area contributed by atoms with Crippen molar-refractivity contribution in [1.82, 2.24) is 4.90 Å². The summed E-state index contributed by atoms with van der Waals surface area (Å²) < 4.78 is 31.5. The van der Waals surface area contributed by atoms with Crippen LogP contribution in [0.3, 0.4) is 0 Å². The summed E-state index contributed by atoms with van der Waals surface area (Å²) in [5, 5.41) is 11.9. The lowest BCUT2D eigenvalue weighted by Gasteiger charge is -2.45. The highest BCUT2D eigenvalue weighted by molar-refractivity contribution is 8.00. The van der Waals surface area contributed by atoms with E-state index in [0.29, 0.717) is 42.7 Å². The Labute approximate surface area is 418 Å². The normalized spacial score (nSPS) is 21.6. The van der Waals surface area contributed by atoms with Gasteiger partial charge < -0.3 is 33.7 Å². The van der Waals surface area contributed by atoms with Crippen molar-refractivity contribution in [3.63, 3.8) is 0 Å².